The van der Waals surface area contributed by atoms with Crippen molar-refractivity contribution in [3.05, 3.63) is 81.2 Å². The predicted molar refractivity (Wildman–Crippen MR) is 98.9 cm³/mol. The number of rotatable bonds is 4. The maximum absolute atomic E-state index is 12.6. The van der Waals surface area contributed by atoms with Gasteiger partial charge in [-0.2, -0.15) is 0 Å². The fourth-order valence-corrected chi connectivity index (χ4v) is 2.83. The van der Waals surface area contributed by atoms with E-state index in [4.69, 9.17) is 4.42 Å². The van der Waals surface area contributed by atoms with E-state index in [1.54, 1.807) is 12.1 Å². The van der Waals surface area contributed by atoms with Crippen LogP contribution in [0.15, 0.2) is 57.7 Å². The number of amides is 1. The number of carbonyl (C=O) groups is 1. The second kappa shape index (κ2) is 6.93. The highest BCUT2D eigenvalue weighted by atomic mass is 16.3. The van der Waals surface area contributed by atoms with Gasteiger partial charge in [0.15, 0.2) is 11.2 Å². The molecule has 0 radical (unpaired) electrons. The Balaban J connectivity index is 1.89. The summed E-state index contributed by atoms with van der Waals surface area (Å²) in [7, 11) is 0. The number of aryl methyl sites for hydroxylation is 2. The molecule has 0 aliphatic heterocycles. The van der Waals surface area contributed by atoms with Crippen LogP contribution in [0.25, 0.3) is 11.0 Å². The molecule has 0 saturated heterocycles. The van der Waals surface area contributed by atoms with Crippen molar-refractivity contribution >= 4 is 16.9 Å². The van der Waals surface area contributed by atoms with Crippen LogP contribution in [0.4, 0.5) is 0 Å². The largest absolute Gasteiger partial charge is 0.451 e. The molecule has 0 spiro atoms. The van der Waals surface area contributed by atoms with Crippen molar-refractivity contribution in [3.63, 3.8) is 0 Å². The molecule has 1 heterocycles. The zero-order valence-corrected chi connectivity index (χ0v) is 14.6. The molecule has 25 heavy (non-hydrogen) atoms. The number of benzene rings is 2. The first-order chi connectivity index (χ1) is 12.0. The van der Waals surface area contributed by atoms with Crippen molar-refractivity contribution in [2.24, 2.45) is 0 Å². The fraction of sp³-hybridized carbons (Fsp3) is 0.238. The van der Waals surface area contributed by atoms with Crippen molar-refractivity contribution in [1.29, 1.82) is 0 Å². The number of carbonyl (C=O) groups excluding carboxylic acids is 1. The summed E-state index contributed by atoms with van der Waals surface area (Å²) in [6.45, 7) is 5.94. The highest BCUT2D eigenvalue weighted by Gasteiger charge is 2.17. The SMILES string of the molecule is CCC(NC(=O)c1cc(=O)c2cc(C)ccc2o1)c1ccc(C)cc1. The molecule has 0 aliphatic rings. The van der Waals surface area contributed by atoms with Crippen LogP contribution in [0, 0.1) is 13.8 Å². The first-order valence-corrected chi connectivity index (χ1v) is 8.40. The number of nitrogens with one attached hydrogen (secondary N) is 1. The Morgan fingerprint density at radius 2 is 1.72 bits per heavy atom. The smallest absolute Gasteiger partial charge is 0.287 e. The molecule has 0 saturated carbocycles. The molecule has 3 aromatic rings. The van der Waals surface area contributed by atoms with Crippen LogP contribution in [0.3, 0.4) is 0 Å². The molecule has 1 aromatic heterocycles. The molecule has 0 aliphatic carbocycles. The van der Waals surface area contributed by atoms with E-state index in [-0.39, 0.29) is 23.1 Å². The Kier molecular flexibility index (Phi) is 4.70. The Morgan fingerprint density at radius 3 is 2.40 bits per heavy atom. The van der Waals surface area contributed by atoms with Gasteiger partial charge in [-0.3, -0.25) is 9.59 Å². The molecule has 1 N–H and O–H groups in total. The monoisotopic (exact) mass is 335 g/mol. The molecule has 0 fully saturated rings. The van der Waals surface area contributed by atoms with Crippen LogP contribution in [-0.2, 0) is 0 Å². The van der Waals surface area contributed by atoms with Crippen LogP contribution < -0.4 is 10.7 Å². The van der Waals surface area contributed by atoms with Gasteiger partial charge in [-0.15, -0.1) is 0 Å². The molecule has 0 bridgehead atoms. The van der Waals surface area contributed by atoms with E-state index in [1.165, 1.54) is 11.6 Å². The van der Waals surface area contributed by atoms with Gasteiger partial charge in [-0.1, -0.05) is 48.4 Å². The standard InChI is InChI=1S/C21H21NO3/c1-4-17(15-8-5-13(2)6-9-15)22-21(24)20-12-18(23)16-11-14(3)7-10-19(16)25-20/h5-12,17H,4H2,1-3H3,(H,22,24). The number of hydrogen-bond acceptors (Lipinski definition) is 3. The quantitative estimate of drug-likeness (QED) is 0.774. The van der Waals surface area contributed by atoms with E-state index >= 15 is 0 Å². The number of fused-ring (bicyclic) bond motifs is 1. The molecule has 4 heteroatoms. The fourth-order valence-electron chi connectivity index (χ4n) is 2.83. The molecule has 128 valence electrons. The van der Waals surface area contributed by atoms with Crippen molar-refractivity contribution in [3.8, 4) is 0 Å². The zero-order chi connectivity index (χ0) is 18.0. The van der Waals surface area contributed by atoms with E-state index in [9.17, 15) is 9.59 Å². The molecular formula is C21H21NO3. The summed E-state index contributed by atoms with van der Waals surface area (Å²) in [4.78, 5) is 24.9. The van der Waals surface area contributed by atoms with Gasteiger partial charge in [-0.05, 0) is 38.0 Å². The third-order valence-corrected chi connectivity index (χ3v) is 4.30. The van der Waals surface area contributed by atoms with Crippen molar-refractivity contribution in [2.75, 3.05) is 0 Å². The highest BCUT2D eigenvalue weighted by molar-refractivity contribution is 5.93. The van der Waals surface area contributed by atoms with E-state index in [0.29, 0.717) is 11.0 Å². The summed E-state index contributed by atoms with van der Waals surface area (Å²) in [6.07, 6.45) is 0.742. The average molecular weight is 335 g/mol. The van der Waals surface area contributed by atoms with E-state index in [1.807, 2.05) is 51.1 Å². The van der Waals surface area contributed by atoms with Gasteiger partial charge in [0.1, 0.15) is 5.58 Å². The van der Waals surface area contributed by atoms with Crippen LogP contribution in [0.1, 0.15) is 46.6 Å². The van der Waals surface area contributed by atoms with Gasteiger partial charge < -0.3 is 9.73 Å². The summed E-state index contributed by atoms with van der Waals surface area (Å²) >= 11 is 0. The first kappa shape index (κ1) is 17.0. The summed E-state index contributed by atoms with van der Waals surface area (Å²) in [5, 5.41) is 3.44. The predicted octanol–water partition coefficient (Wildman–Crippen LogP) is 4.29. The van der Waals surface area contributed by atoms with Gasteiger partial charge in [-0.25, -0.2) is 0 Å². The third-order valence-electron chi connectivity index (χ3n) is 4.30. The first-order valence-electron chi connectivity index (χ1n) is 8.40. The van der Waals surface area contributed by atoms with Crippen molar-refractivity contribution in [1.82, 2.24) is 5.32 Å². The van der Waals surface area contributed by atoms with Crippen LogP contribution in [-0.4, -0.2) is 5.91 Å². The molecule has 3 rings (SSSR count). The van der Waals surface area contributed by atoms with E-state index in [2.05, 4.69) is 5.32 Å². The average Bonchev–Trinajstić information content (AvgIpc) is 2.60. The van der Waals surface area contributed by atoms with Gasteiger partial charge in [0.05, 0.1) is 11.4 Å². The molecule has 1 atom stereocenters. The minimum Gasteiger partial charge on any atom is -0.451 e. The Hall–Kier alpha value is -2.88. The maximum Gasteiger partial charge on any atom is 0.287 e. The van der Waals surface area contributed by atoms with Crippen molar-refractivity contribution in [2.45, 2.75) is 33.2 Å². The van der Waals surface area contributed by atoms with Gasteiger partial charge in [0, 0.05) is 6.07 Å². The molecule has 4 nitrogen and oxygen atoms in total. The third kappa shape index (κ3) is 3.63. The second-order valence-corrected chi connectivity index (χ2v) is 6.32. The lowest BCUT2D eigenvalue weighted by molar-refractivity contribution is 0.0908. The van der Waals surface area contributed by atoms with Gasteiger partial charge in [0.2, 0.25) is 0 Å². The Morgan fingerprint density at radius 1 is 1.04 bits per heavy atom. The summed E-state index contributed by atoms with van der Waals surface area (Å²) in [6, 6.07) is 14.5. The van der Waals surface area contributed by atoms with Gasteiger partial charge >= 0.3 is 0 Å². The second-order valence-electron chi connectivity index (χ2n) is 6.32. The molecule has 1 amide bonds. The normalized spacial score (nSPS) is 12.1. The van der Waals surface area contributed by atoms with Crippen LogP contribution in [0.5, 0.6) is 0 Å². The van der Waals surface area contributed by atoms with E-state index in [0.717, 1.165) is 17.5 Å². The minimum atomic E-state index is -0.382. The van der Waals surface area contributed by atoms with Gasteiger partial charge in [0.25, 0.3) is 5.91 Å². The maximum atomic E-state index is 12.6. The van der Waals surface area contributed by atoms with Crippen LogP contribution >= 0.6 is 0 Å². The van der Waals surface area contributed by atoms with E-state index < -0.39 is 0 Å². The van der Waals surface area contributed by atoms with Crippen molar-refractivity contribution < 1.29 is 9.21 Å². The Labute approximate surface area is 146 Å². The molecular weight excluding hydrogens is 314 g/mol. The molecule has 2 aromatic carbocycles. The minimum absolute atomic E-state index is 0.0342. The Bertz CT molecular complexity index is 971. The highest BCUT2D eigenvalue weighted by Crippen LogP contribution is 2.19. The molecule has 1 unspecified atom stereocenters. The topological polar surface area (TPSA) is 59.3 Å². The lowest BCUT2D eigenvalue weighted by Crippen LogP contribution is -2.28. The summed E-state index contributed by atoms with van der Waals surface area (Å²) < 4.78 is 5.65. The lowest BCUT2D eigenvalue weighted by Gasteiger charge is -2.17. The zero-order valence-electron chi connectivity index (χ0n) is 14.6. The summed E-state index contributed by atoms with van der Waals surface area (Å²) in [5.41, 5.74) is 3.38. The lowest BCUT2D eigenvalue weighted by atomic mass is 10.0. The number of hydrogen-bond donors (Lipinski definition) is 1. The van der Waals surface area contributed by atoms with Crippen LogP contribution in [0.2, 0.25) is 0 Å². The summed E-state index contributed by atoms with van der Waals surface area (Å²) in [5.74, 6) is -0.348.